The third kappa shape index (κ3) is 2.48. The summed E-state index contributed by atoms with van der Waals surface area (Å²) in [6, 6.07) is 0. The van der Waals surface area contributed by atoms with E-state index in [2.05, 4.69) is 34.6 Å². The topological polar surface area (TPSA) is 0 Å². The molecule has 0 aromatic heterocycles. The lowest BCUT2D eigenvalue weighted by atomic mass is 9.61. The highest BCUT2D eigenvalue weighted by atomic mass is 14.4. The lowest BCUT2D eigenvalue weighted by Gasteiger charge is -2.44. The van der Waals surface area contributed by atoms with Crippen LogP contribution in [0.5, 0.6) is 0 Å². The van der Waals surface area contributed by atoms with Gasteiger partial charge in [0, 0.05) is 0 Å². The molecule has 0 heteroatoms. The highest BCUT2D eigenvalue weighted by molar-refractivity contribution is 4.86. The lowest BCUT2D eigenvalue weighted by Crippen LogP contribution is -2.35. The Morgan fingerprint density at radius 1 is 1.23 bits per heavy atom. The van der Waals surface area contributed by atoms with Crippen LogP contribution in [0.2, 0.25) is 0 Å². The monoisotopic (exact) mass is 182 g/mol. The summed E-state index contributed by atoms with van der Waals surface area (Å²) in [5.74, 6) is 4.90. The summed E-state index contributed by atoms with van der Waals surface area (Å²) in [7, 11) is 0. The molecule has 1 aliphatic rings. The molecule has 0 saturated heterocycles. The Morgan fingerprint density at radius 3 is 2.23 bits per heavy atom. The average Bonchev–Trinajstić information content (AvgIpc) is 2.03. The molecule has 13 heavy (non-hydrogen) atoms. The van der Waals surface area contributed by atoms with Crippen molar-refractivity contribution >= 4 is 0 Å². The van der Waals surface area contributed by atoms with Crippen molar-refractivity contribution in [1.82, 2.24) is 0 Å². The molecule has 1 aliphatic carbocycles. The van der Waals surface area contributed by atoms with Crippen molar-refractivity contribution in [1.29, 1.82) is 0 Å². The molecule has 0 spiro atoms. The largest absolute Gasteiger partial charge is 0.0651 e. The minimum absolute atomic E-state index is 0.869. The summed E-state index contributed by atoms with van der Waals surface area (Å²) in [5, 5.41) is 0. The molecule has 1 fully saturated rings. The molecule has 0 nitrogen and oxygen atoms in total. The molecule has 78 valence electrons. The fourth-order valence-electron chi connectivity index (χ4n) is 2.85. The van der Waals surface area contributed by atoms with Crippen molar-refractivity contribution < 1.29 is 0 Å². The van der Waals surface area contributed by atoms with Crippen LogP contribution in [0.3, 0.4) is 0 Å². The van der Waals surface area contributed by atoms with Gasteiger partial charge in [-0.3, -0.25) is 0 Å². The van der Waals surface area contributed by atoms with E-state index < -0.39 is 0 Å². The van der Waals surface area contributed by atoms with E-state index >= 15 is 0 Å². The van der Waals surface area contributed by atoms with Crippen molar-refractivity contribution in [3.8, 4) is 0 Å². The zero-order valence-corrected chi connectivity index (χ0v) is 10.0. The second kappa shape index (κ2) is 4.48. The predicted octanol–water partition coefficient (Wildman–Crippen LogP) is 4.35. The van der Waals surface area contributed by atoms with Gasteiger partial charge in [0.1, 0.15) is 0 Å². The van der Waals surface area contributed by atoms with Crippen molar-refractivity contribution in [2.45, 2.75) is 53.9 Å². The Hall–Kier alpha value is 0. The van der Waals surface area contributed by atoms with Gasteiger partial charge in [0.05, 0.1) is 0 Å². The fourth-order valence-corrected chi connectivity index (χ4v) is 2.85. The molecule has 1 rings (SSSR count). The van der Waals surface area contributed by atoms with Gasteiger partial charge >= 0.3 is 0 Å². The number of hydrogen-bond donors (Lipinski definition) is 0. The Balaban J connectivity index is 2.30. The first-order valence-corrected chi connectivity index (χ1v) is 6.06. The Bertz CT molecular complexity index is 148. The molecule has 0 amide bonds. The van der Waals surface area contributed by atoms with Crippen LogP contribution in [-0.4, -0.2) is 0 Å². The molecule has 0 aliphatic heterocycles. The van der Waals surface area contributed by atoms with Gasteiger partial charge < -0.3 is 0 Å². The van der Waals surface area contributed by atoms with E-state index in [1.54, 1.807) is 0 Å². The zero-order valence-electron chi connectivity index (χ0n) is 10.0. The van der Waals surface area contributed by atoms with Crippen molar-refractivity contribution in [2.75, 3.05) is 0 Å². The van der Waals surface area contributed by atoms with Crippen molar-refractivity contribution in [2.24, 2.45) is 29.6 Å². The van der Waals surface area contributed by atoms with Crippen LogP contribution in [0.25, 0.3) is 0 Å². The lowest BCUT2D eigenvalue weighted by molar-refractivity contribution is 0.0556. The summed E-state index contributed by atoms with van der Waals surface area (Å²) in [6.45, 7) is 11.9. The molecule has 0 heterocycles. The minimum Gasteiger partial charge on any atom is -0.0651 e. The van der Waals surface area contributed by atoms with Crippen LogP contribution in [0.4, 0.5) is 0 Å². The third-order valence-electron chi connectivity index (χ3n) is 4.29. The van der Waals surface area contributed by atoms with E-state index in [0.29, 0.717) is 0 Å². The van der Waals surface area contributed by atoms with Gasteiger partial charge in [0.2, 0.25) is 0 Å². The summed E-state index contributed by atoms with van der Waals surface area (Å²) >= 11 is 0. The maximum absolute atomic E-state index is 2.42. The zero-order chi connectivity index (χ0) is 10.0. The highest BCUT2D eigenvalue weighted by Gasteiger charge is 2.36. The molecule has 0 bridgehead atoms. The maximum Gasteiger partial charge on any atom is -0.0362 e. The SMILES string of the molecule is CCC1C(C)CC1CC(C)C(C)C. The van der Waals surface area contributed by atoms with Gasteiger partial charge in [-0.2, -0.15) is 0 Å². The van der Waals surface area contributed by atoms with Gasteiger partial charge in [-0.25, -0.2) is 0 Å². The van der Waals surface area contributed by atoms with Crippen LogP contribution in [0.1, 0.15) is 53.9 Å². The van der Waals surface area contributed by atoms with E-state index in [9.17, 15) is 0 Å². The highest BCUT2D eigenvalue weighted by Crippen LogP contribution is 2.46. The fraction of sp³-hybridized carbons (Fsp3) is 1.00. The molecule has 0 aromatic rings. The van der Waals surface area contributed by atoms with Crippen LogP contribution >= 0.6 is 0 Å². The molecule has 4 atom stereocenters. The summed E-state index contributed by atoms with van der Waals surface area (Å²) in [5.41, 5.74) is 0. The van der Waals surface area contributed by atoms with Gasteiger partial charge in [0.25, 0.3) is 0 Å². The smallest absolute Gasteiger partial charge is 0.0362 e. The Morgan fingerprint density at radius 2 is 1.85 bits per heavy atom. The standard InChI is InChI=1S/C13H26/c1-6-13-11(5)8-12(13)7-10(4)9(2)3/h9-13H,6-8H2,1-5H3. The van der Waals surface area contributed by atoms with Crippen molar-refractivity contribution in [3.63, 3.8) is 0 Å². The van der Waals surface area contributed by atoms with Crippen molar-refractivity contribution in [3.05, 3.63) is 0 Å². The predicted molar refractivity (Wildman–Crippen MR) is 59.7 cm³/mol. The van der Waals surface area contributed by atoms with E-state index in [1.165, 1.54) is 19.3 Å². The summed E-state index contributed by atoms with van der Waals surface area (Å²) in [6.07, 6.45) is 4.37. The first kappa shape index (κ1) is 11.1. The quantitative estimate of drug-likeness (QED) is 0.606. The molecule has 0 radical (unpaired) electrons. The van der Waals surface area contributed by atoms with Gasteiger partial charge in [-0.1, -0.05) is 41.0 Å². The number of hydrogen-bond acceptors (Lipinski definition) is 0. The van der Waals surface area contributed by atoms with Gasteiger partial charge in [-0.15, -0.1) is 0 Å². The van der Waals surface area contributed by atoms with Gasteiger partial charge in [0.15, 0.2) is 0 Å². The number of rotatable bonds is 4. The van der Waals surface area contributed by atoms with E-state index in [-0.39, 0.29) is 0 Å². The second-order valence-corrected chi connectivity index (χ2v) is 5.50. The molecule has 1 saturated carbocycles. The van der Waals surface area contributed by atoms with Crippen LogP contribution in [0, 0.1) is 29.6 Å². The minimum atomic E-state index is 0.869. The summed E-state index contributed by atoms with van der Waals surface area (Å²) in [4.78, 5) is 0. The third-order valence-corrected chi connectivity index (χ3v) is 4.29. The maximum atomic E-state index is 2.42. The normalized spacial score (nSPS) is 36.0. The second-order valence-electron chi connectivity index (χ2n) is 5.50. The van der Waals surface area contributed by atoms with Crippen LogP contribution in [-0.2, 0) is 0 Å². The van der Waals surface area contributed by atoms with Crippen LogP contribution < -0.4 is 0 Å². The molecular formula is C13H26. The van der Waals surface area contributed by atoms with E-state index in [4.69, 9.17) is 0 Å². The van der Waals surface area contributed by atoms with Gasteiger partial charge in [-0.05, 0) is 42.4 Å². The van der Waals surface area contributed by atoms with Crippen LogP contribution in [0.15, 0.2) is 0 Å². The van der Waals surface area contributed by atoms with E-state index in [0.717, 1.165) is 29.6 Å². The molecule has 4 unspecified atom stereocenters. The van der Waals surface area contributed by atoms with E-state index in [1.807, 2.05) is 0 Å². The first-order chi connectivity index (χ1) is 6.06. The Labute approximate surface area is 84.1 Å². The Kier molecular flexibility index (Phi) is 3.82. The molecule has 0 N–H and O–H groups in total. The molecular weight excluding hydrogens is 156 g/mol. The summed E-state index contributed by atoms with van der Waals surface area (Å²) < 4.78 is 0. The molecule has 0 aromatic carbocycles. The average molecular weight is 182 g/mol. The first-order valence-electron chi connectivity index (χ1n) is 6.06.